The van der Waals surface area contributed by atoms with Crippen LogP contribution < -0.4 is 0 Å². The summed E-state index contributed by atoms with van der Waals surface area (Å²) in [6.45, 7) is 0.326. The minimum atomic E-state index is -0.988. The molecule has 0 saturated carbocycles. The van der Waals surface area contributed by atoms with Gasteiger partial charge in [0, 0.05) is 31.5 Å². The molecule has 1 N–H and O–H groups in total. The highest BCUT2D eigenvalue weighted by atomic mass is 19.1. The first-order chi connectivity index (χ1) is 11.9. The van der Waals surface area contributed by atoms with Crippen LogP contribution in [0.3, 0.4) is 0 Å². The summed E-state index contributed by atoms with van der Waals surface area (Å²) in [4.78, 5) is 22.2. The first-order valence-corrected chi connectivity index (χ1v) is 7.60. The molecule has 25 heavy (non-hydrogen) atoms. The third kappa shape index (κ3) is 4.67. The summed E-state index contributed by atoms with van der Waals surface area (Å²) >= 11 is 0. The van der Waals surface area contributed by atoms with Gasteiger partial charge < -0.3 is 14.6 Å². The maximum atomic E-state index is 13.2. The Kier molecular flexibility index (Phi) is 5.89. The number of hydrogen-bond donors (Lipinski definition) is 1. The van der Waals surface area contributed by atoms with Crippen molar-refractivity contribution in [1.29, 1.82) is 0 Å². The number of aromatic nitrogens is 1. The van der Waals surface area contributed by atoms with E-state index in [0.717, 1.165) is 22.9 Å². The molecule has 6 heteroatoms. The average molecular weight is 342 g/mol. The number of benzene rings is 2. The van der Waals surface area contributed by atoms with Gasteiger partial charge in [0.25, 0.3) is 0 Å². The molecule has 0 aliphatic rings. The van der Waals surface area contributed by atoms with Gasteiger partial charge in [-0.1, -0.05) is 30.3 Å². The lowest BCUT2D eigenvalue weighted by atomic mass is 10.2. The highest BCUT2D eigenvalue weighted by Crippen LogP contribution is 2.21. The predicted octanol–water partition coefficient (Wildman–Crippen LogP) is 3.23. The van der Waals surface area contributed by atoms with Gasteiger partial charge in [-0.25, -0.2) is 9.18 Å². The number of carbonyl (C=O) groups excluding carboxylic acids is 1. The zero-order valence-corrected chi connectivity index (χ0v) is 14.0. The molecule has 0 fully saturated rings. The number of nitrogens with zero attached hydrogens (tertiary/aromatic N) is 2. The summed E-state index contributed by atoms with van der Waals surface area (Å²) in [5.74, 6) is -1.31. The lowest BCUT2D eigenvalue weighted by Gasteiger charge is -2.08. The van der Waals surface area contributed by atoms with E-state index in [1.54, 1.807) is 36.9 Å². The van der Waals surface area contributed by atoms with Crippen LogP contribution in [0.4, 0.5) is 4.39 Å². The van der Waals surface area contributed by atoms with Crippen molar-refractivity contribution >= 4 is 23.3 Å². The van der Waals surface area contributed by atoms with E-state index in [0.29, 0.717) is 6.54 Å². The fourth-order valence-corrected chi connectivity index (χ4v) is 2.38. The second-order valence-corrected chi connectivity index (χ2v) is 5.68. The molecule has 0 aliphatic carbocycles. The maximum absolute atomic E-state index is 13.2. The van der Waals surface area contributed by atoms with Crippen LogP contribution in [0.15, 0.2) is 54.6 Å². The fraction of sp³-hybridized carbons (Fsp3) is 0.158. The van der Waals surface area contributed by atoms with Gasteiger partial charge in [0.2, 0.25) is 6.41 Å². The highest BCUT2D eigenvalue weighted by Gasteiger charge is 2.14. The van der Waals surface area contributed by atoms with E-state index in [1.807, 2.05) is 24.3 Å². The van der Waals surface area contributed by atoms with Gasteiger partial charge in [0.05, 0.1) is 0 Å². The first-order valence-electron chi connectivity index (χ1n) is 7.60. The molecular weight excluding hydrogens is 323 g/mol. The molecule has 5 nitrogen and oxygen atoms in total. The van der Waals surface area contributed by atoms with Crippen molar-refractivity contribution in [2.24, 2.45) is 0 Å². The van der Waals surface area contributed by atoms with Crippen LogP contribution in [0.2, 0.25) is 0 Å². The zero-order valence-electron chi connectivity index (χ0n) is 14.0. The zero-order chi connectivity index (χ0) is 18.4. The van der Waals surface area contributed by atoms with Crippen LogP contribution in [-0.2, 0) is 11.3 Å². The number of halogens is 1. The number of carbonyl (C=O) groups is 2. The third-order valence-corrected chi connectivity index (χ3v) is 3.47. The van der Waals surface area contributed by atoms with Gasteiger partial charge >= 0.3 is 5.97 Å². The average Bonchev–Trinajstić information content (AvgIpc) is 2.94. The molecule has 3 rings (SSSR count). The smallest absolute Gasteiger partial charge is 0.352 e. The van der Waals surface area contributed by atoms with Crippen molar-refractivity contribution in [3.05, 3.63) is 71.7 Å². The molecule has 0 atom stereocenters. The molecule has 0 spiro atoms. The van der Waals surface area contributed by atoms with E-state index < -0.39 is 5.97 Å². The fourth-order valence-electron chi connectivity index (χ4n) is 2.38. The Bertz CT molecular complexity index is 887. The standard InChI is InChI=1S/C16H12FNO2.C3H7NO/c17-13-6-3-4-11(8-13)10-18-14-7-2-1-5-12(14)9-15(18)16(19)20;1-4(2)3-5/h1-9H,10H2,(H,19,20);3H,1-2H3. The Morgan fingerprint density at radius 3 is 2.44 bits per heavy atom. The van der Waals surface area contributed by atoms with E-state index in [9.17, 15) is 19.1 Å². The number of fused-ring (bicyclic) bond motifs is 1. The summed E-state index contributed by atoms with van der Waals surface area (Å²) in [6.07, 6.45) is 0.750. The first kappa shape index (κ1) is 18.2. The van der Waals surface area contributed by atoms with Crippen molar-refractivity contribution in [3.63, 3.8) is 0 Å². The Labute approximate surface area is 144 Å². The third-order valence-electron chi connectivity index (χ3n) is 3.47. The number of carboxylic acids is 1. The maximum Gasteiger partial charge on any atom is 0.352 e. The summed E-state index contributed by atoms with van der Waals surface area (Å²) in [7, 11) is 3.38. The van der Waals surface area contributed by atoms with E-state index in [2.05, 4.69) is 0 Å². The molecule has 0 radical (unpaired) electrons. The molecule has 0 unspecified atom stereocenters. The topological polar surface area (TPSA) is 62.5 Å². The molecule has 1 amide bonds. The molecule has 0 saturated heterocycles. The number of carboxylic acid groups (broad SMARTS) is 1. The van der Waals surface area contributed by atoms with Gasteiger partial charge in [0.1, 0.15) is 11.5 Å². The number of amides is 1. The number of rotatable bonds is 4. The van der Waals surface area contributed by atoms with E-state index in [-0.39, 0.29) is 11.5 Å². The number of para-hydroxylation sites is 1. The SMILES string of the molecule is CN(C)C=O.O=C(O)c1cc2ccccc2n1Cc1cccc(F)c1. The van der Waals surface area contributed by atoms with Gasteiger partial charge in [-0.15, -0.1) is 0 Å². The van der Waals surface area contributed by atoms with Crippen LogP contribution in [-0.4, -0.2) is 41.0 Å². The summed E-state index contributed by atoms with van der Waals surface area (Å²) in [5, 5.41) is 10.2. The van der Waals surface area contributed by atoms with Crippen molar-refractivity contribution in [3.8, 4) is 0 Å². The second kappa shape index (κ2) is 8.10. The lowest BCUT2D eigenvalue weighted by molar-refractivity contribution is -0.115. The van der Waals surface area contributed by atoms with Crippen molar-refractivity contribution < 1.29 is 19.1 Å². The molecule has 2 aromatic carbocycles. The largest absolute Gasteiger partial charge is 0.477 e. The Morgan fingerprint density at radius 1 is 1.16 bits per heavy atom. The normalized spacial score (nSPS) is 10.0. The second-order valence-electron chi connectivity index (χ2n) is 5.68. The van der Waals surface area contributed by atoms with Gasteiger partial charge in [-0.3, -0.25) is 4.79 Å². The summed E-state index contributed by atoms with van der Waals surface area (Å²) < 4.78 is 14.9. The van der Waals surface area contributed by atoms with Crippen LogP contribution in [0.1, 0.15) is 16.1 Å². The Balaban J connectivity index is 0.000000399. The van der Waals surface area contributed by atoms with Crippen molar-refractivity contribution in [1.82, 2.24) is 9.47 Å². The molecule has 1 heterocycles. The minimum Gasteiger partial charge on any atom is -0.477 e. The van der Waals surface area contributed by atoms with Crippen LogP contribution in [0.5, 0.6) is 0 Å². The highest BCUT2D eigenvalue weighted by molar-refractivity contribution is 5.94. The molecule has 3 aromatic rings. The monoisotopic (exact) mass is 342 g/mol. The van der Waals surface area contributed by atoms with E-state index >= 15 is 0 Å². The Hall–Kier alpha value is -3.15. The van der Waals surface area contributed by atoms with Gasteiger partial charge in [0.15, 0.2) is 0 Å². The predicted molar refractivity (Wildman–Crippen MR) is 94.2 cm³/mol. The molecule has 0 bridgehead atoms. The quantitative estimate of drug-likeness (QED) is 0.741. The van der Waals surface area contributed by atoms with Gasteiger partial charge in [-0.2, -0.15) is 0 Å². The van der Waals surface area contributed by atoms with Crippen LogP contribution in [0.25, 0.3) is 10.9 Å². The van der Waals surface area contributed by atoms with Gasteiger partial charge in [-0.05, 0) is 29.8 Å². The number of aromatic carboxylic acids is 1. The van der Waals surface area contributed by atoms with Crippen molar-refractivity contribution in [2.45, 2.75) is 6.54 Å². The van der Waals surface area contributed by atoms with E-state index in [4.69, 9.17) is 0 Å². The van der Waals surface area contributed by atoms with Crippen LogP contribution in [0, 0.1) is 5.82 Å². The van der Waals surface area contributed by atoms with E-state index in [1.165, 1.54) is 17.0 Å². The number of hydrogen-bond acceptors (Lipinski definition) is 2. The molecule has 1 aromatic heterocycles. The molecule has 130 valence electrons. The summed E-state index contributed by atoms with van der Waals surface area (Å²) in [6, 6.07) is 15.3. The molecule has 0 aliphatic heterocycles. The molecular formula is C19H19FN2O3. The lowest BCUT2D eigenvalue weighted by Crippen LogP contribution is -2.09. The van der Waals surface area contributed by atoms with Crippen LogP contribution >= 0.6 is 0 Å². The Morgan fingerprint density at radius 2 is 1.84 bits per heavy atom. The van der Waals surface area contributed by atoms with Crippen molar-refractivity contribution in [2.75, 3.05) is 14.1 Å². The summed E-state index contributed by atoms with van der Waals surface area (Å²) in [5.41, 5.74) is 1.76. The minimum absolute atomic E-state index is 0.204.